The minimum absolute atomic E-state index is 0.136. The van der Waals surface area contributed by atoms with Crippen LogP contribution in [0, 0.1) is 11.7 Å². The van der Waals surface area contributed by atoms with Crippen LogP contribution in [0.3, 0.4) is 0 Å². The van der Waals surface area contributed by atoms with Crippen molar-refractivity contribution < 1.29 is 17.6 Å². The number of rotatable bonds is 5. The van der Waals surface area contributed by atoms with E-state index in [1.165, 1.54) is 28.6 Å². The second-order valence-electron chi connectivity index (χ2n) is 6.48. The predicted molar refractivity (Wildman–Crippen MR) is 101 cm³/mol. The molecule has 0 bridgehead atoms. The number of nitrogens with zero attached hydrogens (tertiary/aromatic N) is 1. The van der Waals surface area contributed by atoms with Crippen LogP contribution in [0.4, 0.5) is 4.39 Å². The Morgan fingerprint density at radius 2 is 1.81 bits per heavy atom. The summed E-state index contributed by atoms with van der Waals surface area (Å²) in [5.41, 5.74) is 0.686. The van der Waals surface area contributed by atoms with Gasteiger partial charge in [-0.2, -0.15) is 4.31 Å². The normalized spacial score (nSPS) is 16.2. The fraction of sp³-hybridized carbons (Fsp3) is 0.316. The van der Waals surface area contributed by atoms with Crippen LogP contribution in [0.5, 0.6) is 0 Å². The molecular formula is C19H20ClFN2O3S. The monoisotopic (exact) mass is 410 g/mol. The number of amides is 1. The van der Waals surface area contributed by atoms with E-state index >= 15 is 0 Å². The number of carbonyl (C=O) groups is 1. The second kappa shape index (κ2) is 8.37. The standard InChI is InChI=1S/C19H20ClFN2O3S/c20-16-4-6-18(7-5-16)27(25,26)23-10-8-15(9-11-23)19(24)22-13-14-2-1-3-17(21)12-14/h1-7,12,15H,8-11,13H2,(H,22,24). The number of hydrogen-bond acceptors (Lipinski definition) is 3. The van der Waals surface area contributed by atoms with Crippen molar-refractivity contribution in [2.24, 2.45) is 5.92 Å². The highest BCUT2D eigenvalue weighted by Gasteiger charge is 2.31. The zero-order valence-electron chi connectivity index (χ0n) is 14.6. The Labute approximate surface area is 163 Å². The molecule has 0 radical (unpaired) electrons. The fourth-order valence-corrected chi connectivity index (χ4v) is 4.69. The first-order valence-corrected chi connectivity index (χ1v) is 10.5. The van der Waals surface area contributed by atoms with E-state index in [1.807, 2.05) is 0 Å². The van der Waals surface area contributed by atoms with Crippen molar-refractivity contribution in [1.29, 1.82) is 0 Å². The van der Waals surface area contributed by atoms with E-state index in [-0.39, 0.29) is 42.2 Å². The van der Waals surface area contributed by atoms with Gasteiger partial charge in [0.1, 0.15) is 5.82 Å². The summed E-state index contributed by atoms with van der Waals surface area (Å²) in [6.45, 7) is 0.811. The fourth-order valence-electron chi connectivity index (χ4n) is 3.09. The lowest BCUT2D eigenvalue weighted by Gasteiger charge is -2.30. The molecule has 0 spiro atoms. The summed E-state index contributed by atoms with van der Waals surface area (Å²) in [5, 5.41) is 3.27. The zero-order valence-corrected chi connectivity index (χ0v) is 16.1. The van der Waals surface area contributed by atoms with Crippen LogP contribution in [-0.2, 0) is 21.4 Å². The van der Waals surface area contributed by atoms with Gasteiger partial charge in [-0.1, -0.05) is 23.7 Å². The molecular weight excluding hydrogens is 391 g/mol. The number of nitrogens with one attached hydrogen (secondary N) is 1. The lowest BCUT2D eigenvalue weighted by molar-refractivity contribution is -0.126. The molecule has 1 amide bonds. The van der Waals surface area contributed by atoms with Gasteiger partial charge in [0, 0.05) is 30.6 Å². The molecule has 1 N–H and O–H groups in total. The molecule has 2 aromatic rings. The average molecular weight is 411 g/mol. The minimum Gasteiger partial charge on any atom is -0.352 e. The van der Waals surface area contributed by atoms with Crippen molar-refractivity contribution in [2.75, 3.05) is 13.1 Å². The van der Waals surface area contributed by atoms with Crippen LogP contribution in [0.1, 0.15) is 18.4 Å². The molecule has 1 saturated heterocycles. The highest BCUT2D eigenvalue weighted by molar-refractivity contribution is 7.89. The van der Waals surface area contributed by atoms with Gasteiger partial charge in [0.2, 0.25) is 15.9 Å². The van der Waals surface area contributed by atoms with Gasteiger partial charge in [-0.3, -0.25) is 4.79 Å². The first-order chi connectivity index (χ1) is 12.9. The molecule has 1 aliphatic rings. The summed E-state index contributed by atoms with van der Waals surface area (Å²) in [7, 11) is -3.59. The summed E-state index contributed by atoms with van der Waals surface area (Å²) in [6, 6.07) is 12.1. The molecule has 0 unspecified atom stereocenters. The maximum Gasteiger partial charge on any atom is 0.243 e. The molecule has 0 aromatic heterocycles. The van der Waals surface area contributed by atoms with E-state index in [1.54, 1.807) is 24.3 Å². The summed E-state index contributed by atoms with van der Waals surface area (Å²) < 4.78 is 39.9. The lowest BCUT2D eigenvalue weighted by Crippen LogP contribution is -2.42. The maximum absolute atomic E-state index is 13.2. The Morgan fingerprint density at radius 3 is 2.44 bits per heavy atom. The van der Waals surface area contributed by atoms with Crippen molar-refractivity contribution in [1.82, 2.24) is 9.62 Å². The van der Waals surface area contributed by atoms with Crippen molar-refractivity contribution in [3.63, 3.8) is 0 Å². The van der Waals surface area contributed by atoms with Gasteiger partial charge < -0.3 is 5.32 Å². The van der Waals surface area contributed by atoms with E-state index in [4.69, 9.17) is 11.6 Å². The van der Waals surface area contributed by atoms with Crippen molar-refractivity contribution in [3.8, 4) is 0 Å². The zero-order chi connectivity index (χ0) is 19.4. The molecule has 0 aliphatic carbocycles. The van der Waals surface area contributed by atoms with Crippen molar-refractivity contribution in [3.05, 3.63) is 64.9 Å². The molecule has 0 atom stereocenters. The maximum atomic E-state index is 13.2. The van der Waals surface area contributed by atoms with E-state index < -0.39 is 10.0 Å². The van der Waals surface area contributed by atoms with Gasteiger partial charge in [-0.05, 0) is 54.8 Å². The Bertz CT molecular complexity index is 911. The molecule has 2 aromatic carbocycles. The highest BCUT2D eigenvalue weighted by atomic mass is 35.5. The topological polar surface area (TPSA) is 66.5 Å². The largest absolute Gasteiger partial charge is 0.352 e. The van der Waals surface area contributed by atoms with E-state index in [0.717, 1.165) is 0 Å². The SMILES string of the molecule is O=C(NCc1cccc(F)c1)C1CCN(S(=O)(=O)c2ccc(Cl)cc2)CC1. The van der Waals surface area contributed by atoms with E-state index in [0.29, 0.717) is 23.4 Å². The van der Waals surface area contributed by atoms with Crippen molar-refractivity contribution >= 4 is 27.5 Å². The van der Waals surface area contributed by atoms with Crippen LogP contribution in [0.25, 0.3) is 0 Å². The smallest absolute Gasteiger partial charge is 0.243 e. The van der Waals surface area contributed by atoms with Gasteiger partial charge in [-0.25, -0.2) is 12.8 Å². The predicted octanol–water partition coefficient (Wildman–Crippen LogP) is 3.20. The van der Waals surface area contributed by atoms with Gasteiger partial charge in [-0.15, -0.1) is 0 Å². The van der Waals surface area contributed by atoms with Gasteiger partial charge in [0.05, 0.1) is 4.90 Å². The molecule has 27 heavy (non-hydrogen) atoms. The van der Waals surface area contributed by atoms with Gasteiger partial charge in [0.25, 0.3) is 0 Å². The summed E-state index contributed by atoms with van der Waals surface area (Å²) >= 11 is 5.81. The summed E-state index contributed by atoms with van der Waals surface area (Å²) in [6.07, 6.45) is 0.892. The summed E-state index contributed by atoms with van der Waals surface area (Å²) in [4.78, 5) is 12.5. The Hall–Kier alpha value is -1.96. The number of benzene rings is 2. The Balaban J connectivity index is 1.55. The average Bonchev–Trinajstić information content (AvgIpc) is 2.66. The van der Waals surface area contributed by atoms with E-state index in [9.17, 15) is 17.6 Å². The third-order valence-electron chi connectivity index (χ3n) is 4.63. The molecule has 1 heterocycles. The molecule has 3 rings (SSSR count). The van der Waals surface area contributed by atoms with Crippen LogP contribution < -0.4 is 5.32 Å². The Kier molecular flexibility index (Phi) is 6.14. The van der Waals surface area contributed by atoms with Crippen LogP contribution in [0.2, 0.25) is 5.02 Å². The number of carbonyl (C=O) groups excluding carboxylic acids is 1. The molecule has 1 aliphatic heterocycles. The minimum atomic E-state index is -3.59. The first kappa shape index (κ1) is 19.8. The van der Waals surface area contributed by atoms with Crippen molar-refractivity contribution in [2.45, 2.75) is 24.3 Å². The molecule has 8 heteroatoms. The molecule has 144 valence electrons. The molecule has 0 saturated carbocycles. The quantitative estimate of drug-likeness (QED) is 0.823. The molecule has 5 nitrogen and oxygen atoms in total. The number of piperidine rings is 1. The van der Waals surface area contributed by atoms with Gasteiger partial charge >= 0.3 is 0 Å². The number of sulfonamides is 1. The van der Waals surface area contributed by atoms with E-state index in [2.05, 4.69) is 5.32 Å². The highest BCUT2D eigenvalue weighted by Crippen LogP contribution is 2.25. The van der Waals surface area contributed by atoms with Crippen LogP contribution >= 0.6 is 11.6 Å². The van der Waals surface area contributed by atoms with Crippen LogP contribution in [0.15, 0.2) is 53.4 Å². The van der Waals surface area contributed by atoms with Crippen LogP contribution in [-0.4, -0.2) is 31.7 Å². The second-order valence-corrected chi connectivity index (χ2v) is 8.85. The molecule has 1 fully saturated rings. The number of halogens is 2. The third kappa shape index (κ3) is 4.86. The Morgan fingerprint density at radius 1 is 1.15 bits per heavy atom. The summed E-state index contributed by atoms with van der Waals surface area (Å²) in [5.74, 6) is -0.736. The third-order valence-corrected chi connectivity index (χ3v) is 6.80. The lowest BCUT2D eigenvalue weighted by atomic mass is 9.97. The first-order valence-electron chi connectivity index (χ1n) is 8.64. The number of hydrogen-bond donors (Lipinski definition) is 1. The van der Waals surface area contributed by atoms with Gasteiger partial charge in [0.15, 0.2) is 0 Å².